The number of H-pyrrole nitrogens is 1. The summed E-state index contributed by atoms with van der Waals surface area (Å²) in [6, 6.07) is 4.50. The lowest BCUT2D eigenvalue weighted by molar-refractivity contribution is 0.0907. The summed E-state index contributed by atoms with van der Waals surface area (Å²) >= 11 is 5.22. The van der Waals surface area contributed by atoms with Crippen molar-refractivity contribution in [1.29, 1.82) is 0 Å². The molecule has 1 aliphatic carbocycles. The molecule has 1 heterocycles. The molecule has 21 heavy (non-hydrogen) atoms. The molecule has 1 saturated carbocycles. The molecule has 1 aliphatic rings. The Hall–Kier alpha value is -1.69. The van der Waals surface area contributed by atoms with Crippen molar-refractivity contribution in [2.24, 2.45) is 5.73 Å². The molecule has 1 fully saturated rings. The van der Waals surface area contributed by atoms with Crippen molar-refractivity contribution in [3.8, 4) is 0 Å². The Balaban J connectivity index is 2.20. The lowest BCUT2D eigenvalue weighted by Gasteiger charge is -2.35. The van der Waals surface area contributed by atoms with Crippen molar-refractivity contribution >= 4 is 23.1 Å². The zero-order valence-corrected chi connectivity index (χ0v) is 12.8. The number of thiocarbonyl (C=S) groups is 1. The molecule has 1 amide bonds. The molecule has 0 unspecified atom stereocenters. The topological polar surface area (TPSA) is 88.0 Å². The number of nitrogens with two attached hydrogens (primary N) is 1. The van der Waals surface area contributed by atoms with E-state index in [0.29, 0.717) is 4.99 Å². The van der Waals surface area contributed by atoms with E-state index in [1.54, 1.807) is 12.1 Å². The van der Waals surface area contributed by atoms with Crippen LogP contribution in [0.5, 0.6) is 0 Å². The average molecular weight is 307 g/mol. The number of rotatable bonds is 3. The predicted octanol–water partition coefficient (Wildman–Crippen LogP) is 1.87. The van der Waals surface area contributed by atoms with Gasteiger partial charge in [0.15, 0.2) is 0 Å². The molecule has 0 spiro atoms. The number of carbonyl (C=O) groups excluding carboxylic acids is 1. The Morgan fingerprint density at radius 2 is 1.81 bits per heavy atom. The lowest BCUT2D eigenvalue weighted by atomic mass is 9.83. The van der Waals surface area contributed by atoms with E-state index in [2.05, 4.69) is 10.3 Å². The first-order valence-corrected chi connectivity index (χ1v) is 7.76. The van der Waals surface area contributed by atoms with Crippen molar-refractivity contribution in [3.05, 3.63) is 34.2 Å². The minimum Gasteiger partial charge on any atom is -0.391 e. The standard InChI is InChI=1S/C15H21N3O2S/c16-14(21)15(9-4-2-1-3-5-10-15)18-13(20)11-7-6-8-12(19)17-11/h6-8H,1-5,9-10H2,(H2,16,21)(H,17,19)(H,18,20). The van der Waals surface area contributed by atoms with E-state index < -0.39 is 5.54 Å². The van der Waals surface area contributed by atoms with Gasteiger partial charge in [0.1, 0.15) is 5.69 Å². The van der Waals surface area contributed by atoms with Crippen LogP contribution in [0.15, 0.2) is 23.0 Å². The first kappa shape index (κ1) is 15.7. The molecule has 0 radical (unpaired) electrons. The van der Waals surface area contributed by atoms with E-state index in [1.807, 2.05) is 0 Å². The van der Waals surface area contributed by atoms with Crippen molar-refractivity contribution < 1.29 is 4.79 Å². The van der Waals surface area contributed by atoms with E-state index in [-0.39, 0.29) is 17.2 Å². The maximum atomic E-state index is 12.4. The third kappa shape index (κ3) is 3.91. The van der Waals surface area contributed by atoms with E-state index in [9.17, 15) is 9.59 Å². The Bertz CT molecular complexity index is 574. The fraction of sp³-hybridized carbons (Fsp3) is 0.533. The molecule has 2 rings (SSSR count). The van der Waals surface area contributed by atoms with Crippen LogP contribution in [0.25, 0.3) is 0 Å². The van der Waals surface area contributed by atoms with Gasteiger partial charge in [-0.1, -0.05) is 50.4 Å². The third-order valence-corrected chi connectivity index (χ3v) is 4.44. The highest BCUT2D eigenvalue weighted by molar-refractivity contribution is 7.80. The highest BCUT2D eigenvalue weighted by Gasteiger charge is 2.35. The minimum atomic E-state index is -0.639. The van der Waals surface area contributed by atoms with Gasteiger partial charge in [0, 0.05) is 6.07 Å². The summed E-state index contributed by atoms with van der Waals surface area (Å²) in [6.45, 7) is 0. The van der Waals surface area contributed by atoms with Gasteiger partial charge in [0.05, 0.1) is 10.5 Å². The van der Waals surface area contributed by atoms with E-state index >= 15 is 0 Å². The zero-order chi connectivity index (χ0) is 15.3. The molecule has 4 N–H and O–H groups in total. The Kier molecular flexibility index (Phi) is 5.12. The SMILES string of the molecule is NC(=S)C1(NC(=O)c2cccc(=O)[nH]2)CCCCCCC1. The molecule has 1 aromatic heterocycles. The van der Waals surface area contributed by atoms with Gasteiger partial charge in [-0.15, -0.1) is 0 Å². The maximum Gasteiger partial charge on any atom is 0.268 e. The van der Waals surface area contributed by atoms with Crippen LogP contribution in [0, 0.1) is 0 Å². The van der Waals surface area contributed by atoms with Crippen LogP contribution in [0.4, 0.5) is 0 Å². The Labute approximate surface area is 129 Å². The van der Waals surface area contributed by atoms with Gasteiger partial charge in [0.2, 0.25) is 5.56 Å². The van der Waals surface area contributed by atoms with Crippen LogP contribution in [0.2, 0.25) is 0 Å². The summed E-state index contributed by atoms with van der Waals surface area (Å²) in [5.41, 5.74) is 5.22. The van der Waals surface area contributed by atoms with Crippen LogP contribution >= 0.6 is 12.2 Å². The highest BCUT2D eigenvalue weighted by atomic mass is 32.1. The minimum absolute atomic E-state index is 0.236. The van der Waals surface area contributed by atoms with Crippen LogP contribution in [-0.4, -0.2) is 21.4 Å². The molecule has 0 aliphatic heterocycles. The first-order chi connectivity index (χ1) is 10.0. The van der Waals surface area contributed by atoms with E-state index in [0.717, 1.165) is 38.5 Å². The lowest BCUT2D eigenvalue weighted by Crippen LogP contribution is -2.57. The number of nitrogens with one attached hydrogen (secondary N) is 2. The summed E-state index contributed by atoms with van der Waals surface area (Å²) in [5, 5.41) is 2.97. The van der Waals surface area contributed by atoms with Gasteiger partial charge < -0.3 is 16.0 Å². The second kappa shape index (κ2) is 6.85. The first-order valence-electron chi connectivity index (χ1n) is 7.35. The number of pyridine rings is 1. The number of hydrogen-bond donors (Lipinski definition) is 3. The number of aromatic nitrogens is 1. The van der Waals surface area contributed by atoms with Gasteiger partial charge >= 0.3 is 0 Å². The third-order valence-electron chi connectivity index (χ3n) is 4.04. The average Bonchev–Trinajstić information content (AvgIpc) is 2.41. The summed E-state index contributed by atoms with van der Waals surface area (Å²) < 4.78 is 0. The number of aromatic amines is 1. The quantitative estimate of drug-likeness (QED) is 0.744. The molecule has 0 aromatic carbocycles. The normalized spacial score (nSPS) is 18.3. The van der Waals surface area contributed by atoms with Gasteiger partial charge in [0.25, 0.3) is 5.91 Å². The zero-order valence-electron chi connectivity index (χ0n) is 12.0. The van der Waals surface area contributed by atoms with Crippen LogP contribution in [0.1, 0.15) is 55.4 Å². The van der Waals surface area contributed by atoms with Crippen molar-refractivity contribution in [2.45, 2.75) is 50.5 Å². The van der Waals surface area contributed by atoms with E-state index in [4.69, 9.17) is 18.0 Å². The fourth-order valence-corrected chi connectivity index (χ4v) is 3.06. The van der Waals surface area contributed by atoms with E-state index in [1.165, 1.54) is 12.5 Å². The number of hydrogen-bond acceptors (Lipinski definition) is 3. The molecule has 114 valence electrons. The molecule has 0 saturated heterocycles. The fourth-order valence-electron chi connectivity index (χ4n) is 2.81. The largest absolute Gasteiger partial charge is 0.391 e. The summed E-state index contributed by atoms with van der Waals surface area (Å²) in [7, 11) is 0. The molecule has 6 heteroatoms. The molecular formula is C15H21N3O2S. The molecule has 5 nitrogen and oxygen atoms in total. The van der Waals surface area contributed by atoms with Crippen LogP contribution in [0.3, 0.4) is 0 Å². The number of carbonyl (C=O) groups is 1. The van der Waals surface area contributed by atoms with Crippen LogP contribution < -0.4 is 16.6 Å². The Morgan fingerprint density at radius 3 is 2.38 bits per heavy atom. The van der Waals surface area contributed by atoms with Crippen molar-refractivity contribution in [3.63, 3.8) is 0 Å². The molecule has 0 atom stereocenters. The summed E-state index contributed by atoms with van der Waals surface area (Å²) in [4.78, 5) is 26.6. The van der Waals surface area contributed by atoms with Crippen molar-refractivity contribution in [2.75, 3.05) is 0 Å². The monoisotopic (exact) mass is 307 g/mol. The predicted molar refractivity (Wildman–Crippen MR) is 86.4 cm³/mol. The Morgan fingerprint density at radius 1 is 1.19 bits per heavy atom. The second-order valence-corrected chi connectivity index (χ2v) is 6.04. The van der Waals surface area contributed by atoms with Gasteiger partial charge in [-0.05, 0) is 18.9 Å². The van der Waals surface area contributed by atoms with Gasteiger partial charge in [-0.3, -0.25) is 9.59 Å². The van der Waals surface area contributed by atoms with Crippen molar-refractivity contribution in [1.82, 2.24) is 10.3 Å². The second-order valence-electron chi connectivity index (χ2n) is 5.60. The summed E-state index contributed by atoms with van der Waals surface area (Å²) in [6.07, 6.45) is 6.96. The van der Waals surface area contributed by atoms with Gasteiger partial charge in [-0.2, -0.15) is 0 Å². The molecule has 0 bridgehead atoms. The molecular weight excluding hydrogens is 286 g/mol. The smallest absolute Gasteiger partial charge is 0.268 e. The summed E-state index contributed by atoms with van der Waals surface area (Å²) in [5.74, 6) is -0.332. The van der Waals surface area contributed by atoms with Crippen LogP contribution in [-0.2, 0) is 0 Å². The van der Waals surface area contributed by atoms with Gasteiger partial charge in [-0.25, -0.2) is 0 Å². The molecule has 1 aromatic rings. The highest BCUT2D eigenvalue weighted by Crippen LogP contribution is 2.27. The number of amides is 1. The maximum absolute atomic E-state index is 12.4.